The predicted molar refractivity (Wildman–Crippen MR) is 121 cm³/mol. The van der Waals surface area contributed by atoms with Gasteiger partial charge in [0.25, 0.3) is 0 Å². The quantitative estimate of drug-likeness (QED) is 0.618. The molecule has 6 nitrogen and oxygen atoms in total. The third-order valence-electron chi connectivity index (χ3n) is 6.15. The maximum Gasteiger partial charge on any atom is 0.326 e. The van der Waals surface area contributed by atoms with Crippen molar-refractivity contribution in [3.05, 3.63) is 69.2 Å². The summed E-state index contributed by atoms with van der Waals surface area (Å²) < 4.78 is 26.9. The Balaban J connectivity index is 1.57. The summed E-state index contributed by atoms with van der Waals surface area (Å²) in [5, 5.41) is 9.35. The summed E-state index contributed by atoms with van der Waals surface area (Å²) in [6.45, 7) is -0.107. The zero-order valence-electron chi connectivity index (χ0n) is 16.5. The van der Waals surface area contributed by atoms with Crippen LogP contribution >= 0.6 is 27.5 Å². The molecular formula is C22H21BrClNO5S. The lowest BCUT2D eigenvalue weighted by atomic mass is 9.94. The molecule has 2 atom stereocenters. The van der Waals surface area contributed by atoms with E-state index in [-0.39, 0.29) is 24.6 Å². The Bertz CT molecular complexity index is 1110. The number of likely N-dealkylation sites (tertiary alicyclic amines) is 1. The molecule has 1 aliphatic heterocycles. The normalized spacial score (nSPS) is 22.3. The summed E-state index contributed by atoms with van der Waals surface area (Å²) >= 11 is 9.28. The summed E-state index contributed by atoms with van der Waals surface area (Å²) in [4.78, 5) is 26.6. The van der Waals surface area contributed by atoms with Crippen LogP contribution in [-0.2, 0) is 30.6 Å². The molecule has 2 fully saturated rings. The second-order valence-electron chi connectivity index (χ2n) is 8.19. The minimum atomic E-state index is -3.64. The first kappa shape index (κ1) is 22.3. The summed E-state index contributed by atoms with van der Waals surface area (Å²) in [5.41, 5.74) is 0.620. The fourth-order valence-electron chi connectivity index (χ4n) is 4.24. The van der Waals surface area contributed by atoms with Crippen LogP contribution in [0.25, 0.3) is 0 Å². The highest BCUT2D eigenvalue weighted by molar-refractivity contribution is 9.10. The Morgan fingerprint density at radius 1 is 1.10 bits per heavy atom. The standard InChI is InChI=1S/C22H21BrClNO5S/c23-16-5-1-14(2-6-16)13-31(29,30)18-11-19(20(26)27)25(12-18)21(28)22(9-10-22)15-3-7-17(24)8-4-15/h1-8,18-19H,9-13H2,(H,26,27). The average molecular weight is 527 g/mol. The van der Waals surface area contributed by atoms with Crippen LogP contribution in [-0.4, -0.2) is 48.1 Å². The minimum Gasteiger partial charge on any atom is -0.480 e. The molecule has 2 aromatic carbocycles. The number of hydrogen-bond donors (Lipinski definition) is 1. The molecule has 0 aromatic heterocycles. The zero-order valence-corrected chi connectivity index (χ0v) is 19.7. The van der Waals surface area contributed by atoms with Gasteiger partial charge in [-0.3, -0.25) is 4.79 Å². The fourth-order valence-corrected chi connectivity index (χ4v) is 6.39. The van der Waals surface area contributed by atoms with Crippen LogP contribution in [0.4, 0.5) is 0 Å². The van der Waals surface area contributed by atoms with E-state index in [4.69, 9.17) is 11.6 Å². The number of benzene rings is 2. The number of amides is 1. The van der Waals surface area contributed by atoms with E-state index in [2.05, 4.69) is 15.9 Å². The van der Waals surface area contributed by atoms with E-state index in [1.807, 2.05) is 0 Å². The van der Waals surface area contributed by atoms with Gasteiger partial charge in [0.05, 0.1) is 16.4 Å². The van der Waals surface area contributed by atoms with Crippen molar-refractivity contribution in [3.8, 4) is 0 Å². The Kier molecular flexibility index (Phi) is 5.91. The van der Waals surface area contributed by atoms with Gasteiger partial charge in [0.1, 0.15) is 6.04 Å². The van der Waals surface area contributed by atoms with Gasteiger partial charge < -0.3 is 10.0 Å². The molecule has 1 saturated heterocycles. The van der Waals surface area contributed by atoms with Crippen molar-refractivity contribution in [1.29, 1.82) is 0 Å². The number of carbonyl (C=O) groups excluding carboxylic acids is 1. The lowest BCUT2D eigenvalue weighted by molar-refractivity contribution is -0.149. The Hall–Kier alpha value is -1.90. The van der Waals surface area contributed by atoms with Gasteiger partial charge in [-0.25, -0.2) is 13.2 Å². The first-order valence-electron chi connectivity index (χ1n) is 9.88. The lowest BCUT2D eigenvalue weighted by Gasteiger charge is -2.27. The first-order chi connectivity index (χ1) is 14.6. The van der Waals surface area contributed by atoms with Crippen LogP contribution in [0.3, 0.4) is 0 Å². The molecule has 31 heavy (non-hydrogen) atoms. The molecule has 1 aliphatic carbocycles. The molecule has 0 radical (unpaired) electrons. The van der Waals surface area contributed by atoms with Crippen LogP contribution in [0, 0.1) is 0 Å². The number of carbonyl (C=O) groups is 2. The number of sulfone groups is 1. The van der Waals surface area contributed by atoms with Crippen molar-refractivity contribution in [1.82, 2.24) is 4.90 Å². The van der Waals surface area contributed by atoms with E-state index in [1.165, 1.54) is 4.90 Å². The summed E-state index contributed by atoms with van der Waals surface area (Å²) in [5.74, 6) is -1.69. The van der Waals surface area contributed by atoms with Crippen molar-refractivity contribution < 1.29 is 23.1 Å². The number of carboxylic acids is 1. The minimum absolute atomic E-state index is 0.101. The molecule has 2 aromatic rings. The molecule has 0 spiro atoms. The SMILES string of the molecule is O=C(O)C1CC(S(=O)(=O)Cc2ccc(Br)cc2)CN1C(=O)C1(c2ccc(Cl)cc2)CC1. The van der Waals surface area contributed by atoms with E-state index < -0.39 is 32.5 Å². The number of rotatable bonds is 6. The topological polar surface area (TPSA) is 91.8 Å². The van der Waals surface area contributed by atoms with Gasteiger partial charge in [0.15, 0.2) is 9.84 Å². The summed E-state index contributed by atoms with van der Waals surface area (Å²) in [7, 11) is -3.64. The van der Waals surface area contributed by atoms with Crippen LogP contribution in [0.1, 0.15) is 30.4 Å². The molecular weight excluding hydrogens is 506 g/mol. The molecule has 4 rings (SSSR count). The van der Waals surface area contributed by atoms with Gasteiger partial charge in [-0.1, -0.05) is 51.8 Å². The number of carboxylic acid groups (broad SMARTS) is 1. The highest BCUT2D eigenvalue weighted by atomic mass is 79.9. The Morgan fingerprint density at radius 2 is 1.71 bits per heavy atom. The lowest BCUT2D eigenvalue weighted by Crippen LogP contribution is -2.46. The van der Waals surface area contributed by atoms with Crippen LogP contribution < -0.4 is 0 Å². The Morgan fingerprint density at radius 3 is 2.26 bits per heavy atom. The first-order valence-corrected chi connectivity index (χ1v) is 12.8. The second kappa shape index (κ2) is 8.22. The molecule has 2 unspecified atom stereocenters. The van der Waals surface area contributed by atoms with Gasteiger partial charge >= 0.3 is 5.97 Å². The molecule has 1 saturated carbocycles. The number of nitrogens with zero attached hydrogens (tertiary/aromatic N) is 1. The van der Waals surface area contributed by atoms with Crippen molar-refractivity contribution in [3.63, 3.8) is 0 Å². The van der Waals surface area contributed by atoms with Gasteiger partial charge in [-0.2, -0.15) is 0 Å². The molecule has 1 N–H and O–H groups in total. The molecule has 164 valence electrons. The second-order valence-corrected chi connectivity index (χ2v) is 11.8. The maximum absolute atomic E-state index is 13.4. The van der Waals surface area contributed by atoms with Gasteiger partial charge in [-0.15, -0.1) is 0 Å². The van der Waals surface area contributed by atoms with E-state index in [0.29, 0.717) is 23.4 Å². The highest BCUT2D eigenvalue weighted by Crippen LogP contribution is 2.50. The highest BCUT2D eigenvalue weighted by Gasteiger charge is 2.57. The average Bonchev–Trinajstić information content (AvgIpc) is 3.39. The number of aliphatic carboxylic acids is 1. The van der Waals surface area contributed by atoms with E-state index >= 15 is 0 Å². The number of halogens is 2. The van der Waals surface area contributed by atoms with Crippen molar-refractivity contribution in [2.45, 2.75) is 41.7 Å². The van der Waals surface area contributed by atoms with Crippen molar-refractivity contribution >= 4 is 49.2 Å². The van der Waals surface area contributed by atoms with E-state index in [0.717, 1.165) is 10.0 Å². The van der Waals surface area contributed by atoms with Gasteiger partial charge in [-0.05, 0) is 54.7 Å². The molecule has 9 heteroatoms. The van der Waals surface area contributed by atoms with E-state index in [1.54, 1.807) is 48.5 Å². The smallest absolute Gasteiger partial charge is 0.326 e. The summed E-state index contributed by atoms with van der Waals surface area (Å²) in [6.07, 6.45) is 1.11. The maximum atomic E-state index is 13.4. The van der Waals surface area contributed by atoms with Gasteiger partial charge in [0, 0.05) is 16.0 Å². The van der Waals surface area contributed by atoms with Crippen LogP contribution in [0.15, 0.2) is 53.0 Å². The van der Waals surface area contributed by atoms with Crippen molar-refractivity contribution in [2.24, 2.45) is 0 Å². The largest absolute Gasteiger partial charge is 0.480 e. The van der Waals surface area contributed by atoms with Crippen LogP contribution in [0.5, 0.6) is 0 Å². The molecule has 1 heterocycles. The van der Waals surface area contributed by atoms with E-state index in [9.17, 15) is 23.1 Å². The summed E-state index contributed by atoms with van der Waals surface area (Å²) in [6, 6.07) is 12.8. The molecule has 1 amide bonds. The van der Waals surface area contributed by atoms with Crippen molar-refractivity contribution in [2.75, 3.05) is 6.54 Å². The molecule has 2 aliphatic rings. The number of hydrogen-bond acceptors (Lipinski definition) is 4. The third kappa shape index (κ3) is 4.38. The fraction of sp³-hybridized carbons (Fsp3) is 0.364. The third-order valence-corrected chi connectivity index (χ3v) is 9.03. The Labute approximate surface area is 194 Å². The zero-order chi connectivity index (χ0) is 22.4. The van der Waals surface area contributed by atoms with Crippen LogP contribution in [0.2, 0.25) is 5.02 Å². The predicted octanol–water partition coefficient (Wildman–Crippen LogP) is 3.80. The monoisotopic (exact) mass is 525 g/mol. The molecule has 0 bridgehead atoms. The van der Waals surface area contributed by atoms with Gasteiger partial charge in [0.2, 0.25) is 5.91 Å².